The maximum Gasteiger partial charge on any atom is 0.0445 e. The van der Waals surface area contributed by atoms with Gasteiger partial charge >= 0.3 is 0 Å². The van der Waals surface area contributed by atoms with E-state index in [1.54, 1.807) is 0 Å². The first-order valence-electron chi connectivity index (χ1n) is 7.60. The van der Waals surface area contributed by atoms with Gasteiger partial charge in [0.15, 0.2) is 0 Å². The Balaban J connectivity index is 2.04. The minimum absolute atomic E-state index is 0.257. The highest BCUT2D eigenvalue weighted by atomic mass is 16.3. The first kappa shape index (κ1) is 14.5. The number of aryl methyl sites for hydroxylation is 2. The van der Waals surface area contributed by atoms with E-state index in [0.29, 0.717) is 18.0 Å². The lowest BCUT2D eigenvalue weighted by atomic mass is 9.97. The molecule has 2 rings (SSSR count). The Morgan fingerprint density at radius 3 is 2.58 bits per heavy atom. The second kappa shape index (κ2) is 6.53. The van der Waals surface area contributed by atoms with Crippen LogP contribution in [-0.2, 0) is 12.8 Å². The van der Waals surface area contributed by atoms with Crippen molar-refractivity contribution in [2.45, 2.75) is 58.5 Å². The van der Waals surface area contributed by atoms with Crippen LogP contribution in [0.4, 0.5) is 0 Å². The molecule has 2 heteroatoms. The highest BCUT2D eigenvalue weighted by Gasteiger charge is 2.18. The number of fused-ring (bicyclic) bond motifs is 1. The van der Waals surface area contributed by atoms with E-state index in [1.165, 1.54) is 36.0 Å². The van der Waals surface area contributed by atoms with Gasteiger partial charge in [0.05, 0.1) is 0 Å². The molecule has 0 spiro atoms. The van der Waals surface area contributed by atoms with Crippen LogP contribution in [0.2, 0.25) is 0 Å². The largest absolute Gasteiger partial charge is 0.396 e. The molecular formula is C17H27NO. The van der Waals surface area contributed by atoms with Crippen molar-refractivity contribution in [1.29, 1.82) is 0 Å². The molecular weight excluding hydrogens is 234 g/mol. The number of nitrogens with one attached hydrogen (secondary N) is 1. The molecule has 2 unspecified atom stereocenters. The minimum Gasteiger partial charge on any atom is -0.396 e. The van der Waals surface area contributed by atoms with E-state index in [9.17, 15) is 0 Å². The Labute approximate surface area is 117 Å². The quantitative estimate of drug-likeness (QED) is 0.824. The Hall–Kier alpha value is -0.860. The van der Waals surface area contributed by atoms with Gasteiger partial charge in [-0.2, -0.15) is 0 Å². The summed E-state index contributed by atoms with van der Waals surface area (Å²) in [5.41, 5.74) is 4.45. The normalized spacial score (nSPS) is 17.5. The van der Waals surface area contributed by atoms with E-state index in [1.807, 2.05) is 0 Å². The molecule has 106 valence electrons. The second-order valence-electron chi connectivity index (χ2n) is 6.13. The maximum atomic E-state index is 9.16. The fraction of sp³-hybridized carbons (Fsp3) is 0.647. The zero-order chi connectivity index (χ0) is 13.8. The Morgan fingerprint density at radius 1 is 1.16 bits per heavy atom. The van der Waals surface area contributed by atoms with E-state index < -0.39 is 0 Å². The SMILES string of the molecule is CC(NC(CCO)C(C)C)c1ccc2c(c1)CCC2. The van der Waals surface area contributed by atoms with Crippen LogP contribution in [0, 0.1) is 5.92 Å². The monoisotopic (exact) mass is 261 g/mol. The second-order valence-corrected chi connectivity index (χ2v) is 6.13. The van der Waals surface area contributed by atoms with Crippen molar-refractivity contribution in [2.24, 2.45) is 5.92 Å². The summed E-state index contributed by atoms with van der Waals surface area (Å²) in [5.74, 6) is 0.545. The van der Waals surface area contributed by atoms with Crippen molar-refractivity contribution in [3.63, 3.8) is 0 Å². The molecule has 0 aliphatic heterocycles. The minimum atomic E-state index is 0.257. The molecule has 0 amide bonds. The molecule has 2 nitrogen and oxygen atoms in total. The number of benzene rings is 1. The van der Waals surface area contributed by atoms with Crippen molar-refractivity contribution < 1.29 is 5.11 Å². The fourth-order valence-electron chi connectivity index (χ4n) is 3.03. The average molecular weight is 261 g/mol. The first-order chi connectivity index (χ1) is 9.11. The lowest BCUT2D eigenvalue weighted by Crippen LogP contribution is -2.36. The van der Waals surface area contributed by atoms with Crippen LogP contribution < -0.4 is 5.32 Å². The summed E-state index contributed by atoms with van der Waals surface area (Å²) in [6, 6.07) is 7.67. The van der Waals surface area contributed by atoms with Gasteiger partial charge in [-0.15, -0.1) is 0 Å². The molecule has 1 aliphatic carbocycles. The predicted molar refractivity (Wildman–Crippen MR) is 80.3 cm³/mol. The van der Waals surface area contributed by atoms with Gasteiger partial charge in [-0.1, -0.05) is 32.0 Å². The lowest BCUT2D eigenvalue weighted by molar-refractivity contribution is 0.237. The van der Waals surface area contributed by atoms with Gasteiger partial charge < -0.3 is 10.4 Å². The van der Waals surface area contributed by atoms with Crippen LogP contribution in [0.3, 0.4) is 0 Å². The van der Waals surface area contributed by atoms with Crippen molar-refractivity contribution in [3.8, 4) is 0 Å². The van der Waals surface area contributed by atoms with E-state index >= 15 is 0 Å². The van der Waals surface area contributed by atoms with Crippen molar-refractivity contribution >= 4 is 0 Å². The molecule has 2 N–H and O–H groups in total. The third-order valence-corrected chi connectivity index (χ3v) is 4.33. The standard InChI is InChI=1S/C17H27NO/c1-12(2)17(9-10-19)18-13(3)15-8-7-14-5-4-6-16(14)11-15/h7-8,11-13,17-19H,4-6,9-10H2,1-3H3. The van der Waals surface area contributed by atoms with Crippen molar-refractivity contribution in [2.75, 3.05) is 6.61 Å². The van der Waals surface area contributed by atoms with Gasteiger partial charge in [0.1, 0.15) is 0 Å². The zero-order valence-corrected chi connectivity index (χ0v) is 12.4. The molecule has 0 fully saturated rings. The molecule has 0 saturated carbocycles. The number of hydrogen-bond acceptors (Lipinski definition) is 2. The van der Waals surface area contributed by atoms with Gasteiger partial charge in [0, 0.05) is 18.7 Å². The van der Waals surface area contributed by atoms with Crippen LogP contribution in [0.15, 0.2) is 18.2 Å². The lowest BCUT2D eigenvalue weighted by Gasteiger charge is -2.26. The van der Waals surface area contributed by atoms with E-state index in [4.69, 9.17) is 5.11 Å². The number of rotatable bonds is 6. The number of aliphatic hydroxyl groups is 1. The maximum absolute atomic E-state index is 9.16. The molecule has 0 heterocycles. The molecule has 0 radical (unpaired) electrons. The summed E-state index contributed by atoms with van der Waals surface area (Å²) in [4.78, 5) is 0. The van der Waals surface area contributed by atoms with E-state index in [-0.39, 0.29) is 6.61 Å². The van der Waals surface area contributed by atoms with E-state index in [0.717, 1.165) is 6.42 Å². The summed E-state index contributed by atoms with van der Waals surface area (Å²) < 4.78 is 0. The van der Waals surface area contributed by atoms with Crippen LogP contribution in [0.1, 0.15) is 56.3 Å². The van der Waals surface area contributed by atoms with Gasteiger partial charge in [0.25, 0.3) is 0 Å². The molecule has 1 aliphatic rings. The molecule has 2 atom stereocenters. The zero-order valence-electron chi connectivity index (χ0n) is 12.4. The summed E-state index contributed by atoms with van der Waals surface area (Å²) in [6.45, 7) is 6.90. The summed E-state index contributed by atoms with van der Waals surface area (Å²) in [6.07, 6.45) is 4.61. The first-order valence-corrected chi connectivity index (χ1v) is 7.60. The third kappa shape index (κ3) is 3.58. The van der Waals surface area contributed by atoms with Crippen molar-refractivity contribution in [3.05, 3.63) is 34.9 Å². The average Bonchev–Trinajstić information content (AvgIpc) is 2.85. The number of hydrogen-bond donors (Lipinski definition) is 2. The smallest absolute Gasteiger partial charge is 0.0445 e. The van der Waals surface area contributed by atoms with Gasteiger partial charge in [-0.3, -0.25) is 0 Å². The number of aliphatic hydroxyl groups excluding tert-OH is 1. The summed E-state index contributed by atoms with van der Waals surface area (Å²) in [7, 11) is 0. The highest BCUT2D eigenvalue weighted by molar-refractivity contribution is 5.36. The summed E-state index contributed by atoms with van der Waals surface area (Å²) >= 11 is 0. The molecule has 0 bridgehead atoms. The Morgan fingerprint density at radius 2 is 1.89 bits per heavy atom. The molecule has 0 aromatic heterocycles. The topological polar surface area (TPSA) is 32.3 Å². The summed E-state index contributed by atoms with van der Waals surface area (Å²) in [5, 5.41) is 12.8. The van der Waals surface area contributed by atoms with Crippen molar-refractivity contribution in [1.82, 2.24) is 5.32 Å². The van der Waals surface area contributed by atoms with Crippen LogP contribution in [-0.4, -0.2) is 17.8 Å². The van der Waals surface area contributed by atoms with Crippen LogP contribution >= 0.6 is 0 Å². The molecule has 1 aromatic rings. The van der Waals surface area contributed by atoms with Gasteiger partial charge in [-0.05, 0) is 55.2 Å². The Kier molecular flexibility index (Phi) is 5.00. The van der Waals surface area contributed by atoms with Crippen LogP contribution in [0.25, 0.3) is 0 Å². The van der Waals surface area contributed by atoms with Gasteiger partial charge in [0.2, 0.25) is 0 Å². The van der Waals surface area contributed by atoms with E-state index in [2.05, 4.69) is 44.3 Å². The molecule has 19 heavy (non-hydrogen) atoms. The Bertz CT molecular complexity index is 414. The highest BCUT2D eigenvalue weighted by Crippen LogP contribution is 2.26. The third-order valence-electron chi connectivity index (χ3n) is 4.33. The fourth-order valence-corrected chi connectivity index (χ4v) is 3.03. The predicted octanol–water partition coefficient (Wildman–Crippen LogP) is 3.23. The van der Waals surface area contributed by atoms with Crippen LogP contribution in [0.5, 0.6) is 0 Å². The molecule has 1 aromatic carbocycles. The van der Waals surface area contributed by atoms with Gasteiger partial charge in [-0.25, -0.2) is 0 Å². The molecule has 0 saturated heterocycles.